The van der Waals surface area contributed by atoms with Gasteiger partial charge in [0.25, 0.3) is 0 Å². The molecule has 2 rings (SSSR count). The summed E-state index contributed by atoms with van der Waals surface area (Å²) in [6.45, 7) is 0.571. The molecule has 2 aliphatic rings. The first-order chi connectivity index (χ1) is 8.15. The minimum absolute atomic E-state index is 0.220. The normalized spacial score (nSPS) is 28.5. The number of azide groups is 1. The number of Topliss-reactive ketones (excluding diaryl/α,β-unsaturated/α-hetero) is 1. The summed E-state index contributed by atoms with van der Waals surface area (Å²) in [7, 11) is 1.53. The number of hydrogen-bond acceptors (Lipinski definition) is 5. The third-order valence-electron chi connectivity index (χ3n) is 2.93. The van der Waals surface area contributed by atoms with Crippen molar-refractivity contribution in [3.05, 3.63) is 10.4 Å². The Hall–Kier alpha value is -2.08. The van der Waals surface area contributed by atoms with Gasteiger partial charge in [0.1, 0.15) is 6.04 Å². The van der Waals surface area contributed by atoms with Gasteiger partial charge < -0.3 is 4.90 Å². The predicted octanol–water partition coefficient (Wildman–Crippen LogP) is 0.114. The van der Waals surface area contributed by atoms with Gasteiger partial charge in [-0.1, -0.05) is 5.11 Å². The van der Waals surface area contributed by atoms with Crippen LogP contribution in [0, 0.1) is 0 Å². The van der Waals surface area contributed by atoms with Crippen molar-refractivity contribution < 1.29 is 9.59 Å². The Morgan fingerprint density at radius 3 is 3.06 bits per heavy atom. The van der Waals surface area contributed by atoms with Gasteiger partial charge in [-0.05, 0) is 18.4 Å². The molecule has 2 aliphatic heterocycles. The fraction of sp³-hybridized carbons (Fsp3) is 0.667. The van der Waals surface area contributed by atoms with E-state index in [9.17, 15) is 9.59 Å². The molecule has 2 unspecified atom stereocenters. The topological polar surface area (TPSA) is 102 Å². The molecule has 2 atom stereocenters. The molecule has 1 fully saturated rings. The van der Waals surface area contributed by atoms with Gasteiger partial charge in [-0.2, -0.15) is 5.10 Å². The first kappa shape index (κ1) is 11.4. The van der Waals surface area contributed by atoms with E-state index in [1.807, 2.05) is 0 Å². The molecule has 2 heterocycles. The third-order valence-corrected chi connectivity index (χ3v) is 2.93. The number of hydrogen-bond donors (Lipinski definition) is 0. The van der Waals surface area contributed by atoms with Gasteiger partial charge >= 0.3 is 0 Å². The fourth-order valence-electron chi connectivity index (χ4n) is 2.07. The number of ketones is 1. The lowest BCUT2D eigenvalue weighted by Gasteiger charge is -2.34. The Morgan fingerprint density at radius 1 is 1.59 bits per heavy atom. The summed E-state index contributed by atoms with van der Waals surface area (Å²) in [5.74, 6) is -0.557. The minimum atomic E-state index is -0.722. The van der Waals surface area contributed by atoms with Crippen molar-refractivity contribution in [2.24, 2.45) is 10.2 Å². The van der Waals surface area contributed by atoms with Gasteiger partial charge in [0.2, 0.25) is 11.7 Å². The van der Waals surface area contributed by atoms with E-state index in [0.29, 0.717) is 19.4 Å². The maximum Gasteiger partial charge on any atom is 0.233 e. The quantitative estimate of drug-likeness (QED) is 0.367. The third kappa shape index (κ3) is 1.94. The molecule has 17 heavy (non-hydrogen) atoms. The summed E-state index contributed by atoms with van der Waals surface area (Å²) in [4.78, 5) is 27.6. The smallest absolute Gasteiger partial charge is 0.233 e. The van der Waals surface area contributed by atoms with E-state index in [4.69, 9.17) is 5.53 Å². The van der Waals surface area contributed by atoms with Gasteiger partial charge in [0.05, 0.1) is 6.21 Å². The van der Waals surface area contributed by atoms with Gasteiger partial charge in [-0.3, -0.25) is 14.6 Å². The van der Waals surface area contributed by atoms with E-state index in [0.717, 1.165) is 0 Å². The van der Waals surface area contributed by atoms with E-state index in [2.05, 4.69) is 15.1 Å². The number of nitrogens with zero attached hydrogens (tertiary/aromatic N) is 6. The maximum atomic E-state index is 12.0. The molecule has 1 saturated heterocycles. The summed E-state index contributed by atoms with van der Waals surface area (Å²) in [6.07, 6.45) is 1.67. The van der Waals surface area contributed by atoms with Crippen LogP contribution in [-0.4, -0.2) is 53.6 Å². The highest BCUT2D eigenvalue weighted by Crippen LogP contribution is 2.19. The van der Waals surface area contributed by atoms with Crippen LogP contribution in [0.4, 0.5) is 0 Å². The van der Waals surface area contributed by atoms with Crippen molar-refractivity contribution in [3.8, 4) is 0 Å². The fourth-order valence-corrected chi connectivity index (χ4v) is 2.07. The van der Waals surface area contributed by atoms with Crippen molar-refractivity contribution in [2.75, 3.05) is 13.6 Å². The molecule has 0 aromatic carbocycles. The average molecular weight is 236 g/mol. The molecule has 0 N–H and O–H groups in total. The van der Waals surface area contributed by atoms with E-state index in [-0.39, 0.29) is 11.7 Å². The highest BCUT2D eigenvalue weighted by atomic mass is 16.2. The van der Waals surface area contributed by atoms with Crippen LogP contribution in [0.3, 0.4) is 0 Å². The summed E-state index contributed by atoms with van der Waals surface area (Å²) < 4.78 is 0. The Balaban J connectivity index is 2.25. The number of amides is 1. The molecule has 0 aromatic rings. The van der Waals surface area contributed by atoms with Crippen LogP contribution in [0.25, 0.3) is 10.4 Å². The molecule has 0 radical (unpaired) electrons. The van der Waals surface area contributed by atoms with Gasteiger partial charge in [-0.15, -0.1) is 0 Å². The summed E-state index contributed by atoms with van der Waals surface area (Å²) >= 11 is 0. The lowest BCUT2D eigenvalue weighted by molar-refractivity contribution is -0.143. The number of carbonyl (C=O) groups excluding carboxylic acids is 2. The van der Waals surface area contributed by atoms with Crippen LogP contribution >= 0.6 is 0 Å². The molecule has 8 heteroatoms. The van der Waals surface area contributed by atoms with E-state index in [1.54, 1.807) is 5.01 Å². The second-order valence-electron chi connectivity index (χ2n) is 4.00. The van der Waals surface area contributed by atoms with Crippen LogP contribution < -0.4 is 0 Å². The van der Waals surface area contributed by atoms with Gasteiger partial charge in [0.15, 0.2) is 6.17 Å². The molecular formula is C9H12N6O2. The Bertz CT molecular complexity index is 427. The monoisotopic (exact) mass is 236 g/mol. The van der Waals surface area contributed by atoms with Crippen LogP contribution in [0.1, 0.15) is 12.8 Å². The molecule has 1 amide bonds. The largest absolute Gasteiger partial charge is 0.317 e. The van der Waals surface area contributed by atoms with Gasteiger partial charge in [0, 0.05) is 18.5 Å². The average Bonchev–Trinajstić information content (AvgIpc) is 2.66. The van der Waals surface area contributed by atoms with Gasteiger partial charge in [-0.25, -0.2) is 0 Å². The lowest BCUT2D eigenvalue weighted by Crippen LogP contribution is -2.53. The van der Waals surface area contributed by atoms with Crippen molar-refractivity contribution in [2.45, 2.75) is 25.0 Å². The van der Waals surface area contributed by atoms with Crippen LogP contribution in [-0.2, 0) is 9.59 Å². The minimum Gasteiger partial charge on any atom is -0.317 e. The Kier molecular flexibility index (Phi) is 2.97. The molecule has 90 valence electrons. The summed E-state index contributed by atoms with van der Waals surface area (Å²) in [5.41, 5.74) is 8.41. The molecule has 8 nitrogen and oxygen atoms in total. The zero-order valence-corrected chi connectivity index (χ0v) is 9.35. The number of likely N-dealkylation sites (N-methyl/N-ethyl adjacent to an activating group) is 1. The lowest BCUT2D eigenvalue weighted by atomic mass is 10.1. The van der Waals surface area contributed by atoms with Crippen molar-refractivity contribution in [1.82, 2.24) is 9.91 Å². The van der Waals surface area contributed by atoms with E-state index >= 15 is 0 Å². The zero-order chi connectivity index (χ0) is 12.4. The van der Waals surface area contributed by atoms with Crippen LogP contribution in [0.5, 0.6) is 0 Å². The molecule has 0 aromatic heterocycles. The number of carbonyl (C=O) groups is 2. The van der Waals surface area contributed by atoms with Crippen molar-refractivity contribution in [1.29, 1.82) is 0 Å². The zero-order valence-electron chi connectivity index (χ0n) is 9.35. The highest BCUT2D eigenvalue weighted by molar-refractivity contribution is 6.31. The summed E-state index contributed by atoms with van der Waals surface area (Å²) in [5, 5.41) is 9.02. The molecule has 0 saturated carbocycles. The maximum absolute atomic E-state index is 12.0. The molecular weight excluding hydrogens is 224 g/mol. The number of fused-ring (bicyclic) bond motifs is 1. The summed E-state index contributed by atoms with van der Waals surface area (Å²) in [6, 6.07) is -0.722. The number of hydrazone groups is 1. The first-order valence-electron chi connectivity index (χ1n) is 5.30. The predicted molar refractivity (Wildman–Crippen MR) is 58.9 cm³/mol. The van der Waals surface area contributed by atoms with E-state index < -0.39 is 12.2 Å². The Morgan fingerprint density at radius 2 is 2.35 bits per heavy atom. The highest BCUT2D eigenvalue weighted by Gasteiger charge is 2.38. The number of rotatable bonds is 1. The first-order valence-corrected chi connectivity index (χ1v) is 5.30. The standard InChI is InChI=1S/C9H12N6O2/c1-14-8-7(16)5-11-15(8)4-2-3-6(9(14)17)12-13-10/h5-6,8H,2-4H2,1H3. The molecule has 0 bridgehead atoms. The Labute approximate surface area is 97.5 Å². The van der Waals surface area contributed by atoms with E-state index in [1.165, 1.54) is 18.2 Å². The van der Waals surface area contributed by atoms with Crippen molar-refractivity contribution in [3.63, 3.8) is 0 Å². The van der Waals surface area contributed by atoms with Crippen LogP contribution in [0.2, 0.25) is 0 Å². The second kappa shape index (κ2) is 4.42. The SMILES string of the molecule is CN1C(=O)C(N=[N+]=[N-])CCCN2N=CC(=O)C21. The molecule has 0 spiro atoms. The van der Waals surface area contributed by atoms with Crippen molar-refractivity contribution >= 4 is 17.9 Å². The van der Waals surface area contributed by atoms with Crippen LogP contribution in [0.15, 0.2) is 10.2 Å². The molecule has 0 aliphatic carbocycles. The second-order valence-corrected chi connectivity index (χ2v) is 4.00.